The quantitative estimate of drug-likeness (QED) is 0.756. The lowest BCUT2D eigenvalue weighted by atomic mass is 10.1. The van der Waals surface area contributed by atoms with Gasteiger partial charge in [0.25, 0.3) is 5.91 Å². The normalized spacial score (nSPS) is 10.3. The Balaban J connectivity index is 1.71. The molecule has 0 fully saturated rings. The molecule has 0 aliphatic carbocycles. The van der Waals surface area contributed by atoms with Gasteiger partial charge in [-0.3, -0.25) is 4.79 Å². The molecule has 0 bridgehead atoms. The maximum absolute atomic E-state index is 11.9. The van der Waals surface area contributed by atoms with Gasteiger partial charge in [0.05, 0.1) is 7.11 Å². The van der Waals surface area contributed by atoms with Crippen molar-refractivity contribution in [1.82, 2.24) is 5.32 Å². The van der Waals surface area contributed by atoms with Crippen LogP contribution in [0.15, 0.2) is 42.5 Å². The summed E-state index contributed by atoms with van der Waals surface area (Å²) in [6.45, 7) is 4.68. The lowest BCUT2D eigenvalue weighted by molar-refractivity contribution is -0.123. The van der Waals surface area contributed by atoms with Crippen LogP contribution in [0.1, 0.15) is 23.1 Å². The molecule has 0 aliphatic heterocycles. The van der Waals surface area contributed by atoms with E-state index < -0.39 is 0 Å². The minimum atomic E-state index is -0.101. The Hall–Kier alpha value is -2.49. The number of ether oxygens (including phenoxy) is 2. The van der Waals surface area contributed by atoms with Gasteiger partial charge < -0.3 is 14.8 Å². The first kappa shape index (κ1) is 17.9. The number of rotatable bonds is 8. The molecule has 0 unspecified atom stereocenters. The average molecular weight is 327 g/mol. The van der Waals surface area contributed by atoms with Gasteiger partial charge in [-0.05, 0) is 55.5 Å². The molecule has 1 amide bonds. The third kappa shape index (κ3) is 5.01. The zero-order valence-electron chi connectivity index (χ0n) is 14.6. The van der Waals surface area contributed by atoms with Crippen LogP contribution in [0.2, 0.25) is 0 Å². The average Bonchev–Trinajstić information content (AvgIpc) is 2.60. The summed E-state index contributed by atoms with van der Waals surface area (Å²) in [7, 11) is 1.67. The number of aryl methyl sites for hydroxylation is 2. The van der Waals surface area contributed by atoms with Crippen LogP contribution in [0, 0.1) is 13.8 Å². The standard InChI is InChI=1S/C20H25NO3/c1-15-8-6-12-18(16(15)2)24-14-20(22)21-13-7-10-17-9-4-5-11-19(17)23-3/h4-6,8-9,11-12H,7,10,13-14H2,1-3H3,(H,21,22). The third-order valence-corrected chi connectivity index (χ3v) is 4.05. The number of methoxy groups -OCH3 is 1. The van der Waals surface area contributed by atoms with Gasteiger partial charge in [0.1, 0.15) is 11.5 Å². The van der Waals surface area contributed by atoms with Crippen molar-refractivity contribution in [2.75, 3.05) is 20.3 Å². The van der Waals surface area contributed by atoms with Gasteiger partial charge in [0.2, 0.25) is 0 Å². The number of nitrogens with one attached hydrogen (secondary N) is 1. The summed E-state index contributed by atoms with van der Waals surface area (Å²) in [5.41, 5.74) is 3.38. The SMILES string of the molecule is COc1ccccc1CCCNC(=O)COc1cccc(C)c1C. The number of carbonyl (C=O) groups excluding carboxylic acids is 1. The van der Waals surface area contributed by atoms with E-state index in [1.54, 1.807) is 7.11 Å². The largest absolute Gasteiger partial charge is 0.496 e. The fourth-order valence-corrected chi connectivity index (χ4v) is 2.49. The molecule has 0 aromatic heterocycles. The molecule has 1 N–H and O–H groups in total. The molecule has 24 heavy (non-hydrogen) atoms. The molecule has 0 saturated carbocycles. The molecule has 0 aliphatic rings. The van der Waals surface area contributed by atoms with Crippen LogP contribution in [0.5, 0.6) is 11.5 Å². The molecule has 4 heteroatoms. The van der Waals surface area contributed by atoms with E-state index in [-0.39, 0.29) is 12.5 Å². The lowest BCUT2D eigenvalue weighted by Gasteiger charge is -2.11. The number of hydrogen-bond acceptors (Lipinski definition) is 3. The number of amides is 1. The number of para-hydroxylation sites is 1. The van der Waals surface area contributed by atoms with Crippen molar-refractivity contribution in [3.8, 4) is 11.5 Å². The molecule has 0 radical (unpaired) electrons. The minimum absolute atomic E-state index is 0.0406. The topological polar surface area (TPSA) is 47.6 Å². The molecule has 2 aromatic rings. The van der Waals surface area contributed by atoms with Crippen LogP contribution in [0.25, 0.3) is 0 Å². The number of benzene rings is 2. The Morgan fingerprint density at radius 3 is 2.58 bits per heavy atom. The Morgan fingerprint density at radius 2 is 1.79 bits per heavy atom. The van der Waals surface area contributed by atoms with E-state index >= 15 is 0 Å². The monoisotopic (exact) mass is 327 g/mol. The highest BCUT2D eigenvalue weighted by Crippen LogP contribution is 2.20. The van der Waals surface area contributed by atoms with Gasteiger partial charge in [-0.2, -0.15) is 0 Å². The van der Waals surface area contributed by atoms with Gasteiger partial charge >= 0.3 is 0 Å². The van der Waals surface area contributed by atoms with Crippen molar-refractivity contribution in [3.63, 3.8) is 0 Å². The minimum Gasteiger partial charge on any atom is -0.496 e. The zero-order valence-corrected chi connectivity index (χ0v) is 14.6. The summed E-state index contributed by atoms with van der Waals surface area (Å²) < 4.78 is 10.9. The van der Waals surface area contributed by atoms with Crippen molar-refractivity contribution in [1.29, 1.82) is 0 Å². The second kappa shape index (κ2) is 8.96. The van der Waals surface area contributed by atoms with Crippen molar-refractivity contribution in [2.45, 2.75) is 26.7 Å². The van der Waals surface area contributed by atoms with Gasteiger partial charge in [-0.25, -0.2) is 0 Å². The smallest absolute Gasteiger partial charge is 0.257 e. The van der Waals surface area contributed by atoms with Crippen LogP contribution in [0.3, 0.4) is 0 Å². The highest BCUT2D eigenvalue weighted by molar-refractivity contribution is 5.77. The van der Waals surface area contributed by atoms with Gasteiger partial charge in [-0.15, -0.1) is 0 Å². The van der Waals surface area contributed by atoms with Crippen molar-refractivity contribution in [2.24, 2.45) is 0 Å². The maximum Gasteiger partial charge on any atom is 0.257 e. The first-order valence-corrected chi connectivity index (χ1v) is 8.19. The summed E-state index contributed by atoms with van der Waals surface area (Å²) in [6.07, 6.45) is 1.72. The maximum atomic E-state index is 11.9. The molecule has 2 rings (SSSR count). The van der Waals surface area contributed by atoms with Crippen molar-refractivity contribution in [3.05, 3.63) is 59.2 Å². The Labute approximate surface area is 143 Å². The van der Waals surface area contributed by atoms with Crippen molar-refractivity contribution >= 4 is 5.91 Å². The second-order valence-corrected chi connectivity index (χ2v) is 5.75. The fraction of sp³-hybridized carbons (Fsp3) is 0.350. The lowest BCUT2D eigenvalue weighted by Crippen LogP contribution is -2.30. The molecule has 0 spiro atoms. The predicted octanol–water partition coefficient (Wildman–Crippen LogP) is 3.44. The summed E-state index contributed by atoms with van der Waals surface area (Å²) in [5.74, 6) is 1.55. The van der Waals surface area contributed by atoms with Crippen LogP contribution in [0.4, 0.5) is 0 Å². The van der Waals surface area contributed by atoms with E-state index in [1.165, 1.54) is 0 Å². The highest BCUT2D eigenvalue weighted by atomic mass is 16.5. The van der Waals surface area contributed by atoms with Crippen LogP contribution < -0.4 is 14.8 Å². The molecular weight excluding hydrogens is 302 g/mol. The van der Waals surface area contributed by atoms with E-state index in [2.05, 4.69) is 5.32 Å². The summed E-state index contributed by atoms with van der Waals surface area (Å²) in [5, 5.41) is 2.89. The van der Waals surface area contributed by atoms with E-state index in [0.29, 0.717) is 6.54 Å². The third-order valence-electron chi connectivity index (χ3n) is 4.05. The Kier molecular flexibility index (Phi) is 6.67. The highest BCUT2D eigenvalue weighted by Gasteiger charge is 2.06. The molecule has 0 atom stereocenters. The molecule has 0 heterocycles. The molecule has 2 aromatic carbocycles. The summed E-state index contributed by atoms with van der Waals surface area (Å²) >= 11 is 0. The van der Waals surface area contributed by atoms with Gasteiger partial charge in [-0.1, -0.05) is 30.3 Å². The predicted molar refractivity (Wildman–Crippen MR) is 95.7 cm³/mol. The molecular formula is C20H25NO3. The fourth-order valence-electron chi connectivity index (χ4n) is 2.49. The molecule has 128 valence electrons. The first-order chi connectivity index (χ1) is 11.6. The number of carbonyl (C=O) groups is 1. The van der Waals surface area contributed by atoms with Crippen LogP contribution in [-0.4, -0.2) is 26.2 Å². The summed E-state index contributed by atoms with van der Waals surface area (Å²) in [6, 6.07) is 13.8. The number of hydrogen-bond donors (Lipinski definition) is 1. The van der Waals surface area contributed by atoms with E-state index in [4.69, 9.17) is 9.47 Å². The van der Waals surface area contributed by atoms with Crippen LogP contribution >= 0.6 is 0 Å². The van der Waals surface area contributed by atoms with Gasteiger partial charge in [0.15, 0.2) is 6.61 Å². The van der Waals surface area contributed by atoms with Gasteiger partial charge in [0, 0.05) is 6.54 Å². The molecule has 0 saturated heterocycles. The second-order valence-electron chi connectivity index (χ2n) is 5.75. The van der Waals surface area contributed by atoms with Crippen molar-refractivity contribution < 1.29 is 14.3 Å². The van der Waals surface area contributed by atoms with E-state index in [1.807, 2.05) is 56.3 Å². The van der Waals surface area contributed by atoms with E-state index in [0.717, 1.165) is 41.0 Å². The first-order valence-electron chi connectivity index (χ1n) is 8.19. The van der Waals surface area contributed by atoms with Crippen LogP contribution in [-0.2, 0) is 11.2 Å². The van der Waals surface area contributed by atoms with E-state index in [9.17, 15) is 4.79 Å². The summed E-state index contributed by atoms with van der Waals surface area (Å²) in [4.78, 5) is 11.9. The Morgan fingerprint density at radius 1 is 1.04 bits per heavy atom. The Bertz CT molecular complexity index is 682. The zero-order chi connectivity index (χ0) is 17.4. The molecule has 4 nitrogen and oxygen atoms in total.